The standard InChI is InChI=1S/C26H23N3O3/c30-25(31)19-32-24-12-4-7-20(15-24)8-6-14-29-18-23(17-28-29)26(21-9-2-1-3-10-21)22-11-5-13-27-16-22/h1-13,15-18,26H,14,19H2,(H,30,31)/b8-6+. The Balaban J connectivity index is 1.48. The van der Waals surface area contributed by atoms with Crippen LogP contribution in [0.25, 0.3) is 6.08 Å². The van der Waals surface area contributed by atoms with E-state index >= 15 is 0 Å². The molecule has 2 aromatic heterocycles. The summed E-state index contributed by atoms with van der Waals surface area (Å²) in [6, 6.07) is 21.7. The molecule has 0 bridgehead atoms. The van der Waals surface area contributed by atoms with E-state index in [4.69, 9.17) is 9.84 Å². The maximum atomic E-state index is 10.7. The van der Waals surface area contributed by atoms with Gasteiger partial charge in [-0.3, -0.25) is 9.67 Å². The topological polar surface area (TPSA) is 77.2 Å². The zero-order valence-electron chi connectivity index (χ0n) is 17.4. The first-order valence-electron chi connectivity index (χ1n) is 10.3. The van der Waals surface area contributed by atoms with Gasteiger partial charge in [-0.1, -0.05) is 60.7 Å². The summed E-state index contributed by atoms with van der Waals surface area (Å²) in [7, 11) is 0. The molecule has 160 valence electrons. The molecule has 0 spiro atoms. The SMILES string of the molecule is O=C(O)COc1cccc(/C=C/Cn2cc(C(c3ccccc3)c3cccnc3)cn2)c1. The Morgan fingerprint density at radius 1 is 1.00 bits per heavy atom. The van der Waals surface area contributed by atoms with Gasteiger partial charge in [0.15, 0.2) is 6.61 Å². The van der Waals surface area contributed by atoms with Crippen LogP contribution in [0.15, 0.2) is 97.6 Å². The van der Waals surface area contributed by atoms with Gasteiger partial charge in [0.2, 0.25) is 0 Å². The molecule has 2 heterocycles. The first kappa shape index (κ1) is 21.1. The Hall–Kier alpha value is -4.19. The third-order valence-electron chi connectivity index (χ3n) is 4.96. The first-order chi connectivity index (χ1) is 15.7. The molecule has 2 aromatic carbocycles. The van der Waals surface area contributed by atoms with E-state index in [0.29, 0.717) is 12.3 Å². The van der Waals surface area contributed by atoms with Crippen molar-refractivity contribution < 1.29 is 14.6 Å². The number of allylic oxidation sites excluding steroid dienone is 1. The van der Waals surface area contributed by atoms with Crippen LogP contribution in [0.1, 0.15) is 28.2 Å². The molecule has 4 aromatic rings. The molecule has 6 nitrogen and oxygen atoms in total. The van der Waals surface area contributed by atoms with Crippen molar-refractivity contribution in [2.24, 2.45) is 0 Å². The van der Waals surface area contributed by atoms with Crippen LogP contribution in [-0.2, 0) is 11.3 Å². The van der Waals surface area contributed by atoms with Crippen molar-refractivity contribution >= 4 is 12.0 Å². The Labute approximate surface area is 186 Å². The molecule has 6 heteroatoms. The number of hydrogen-bond acceptors (Lipinski definition) is 4. The van der Waals surface area contributed by atoms with Crippen molar-refractivity contribution in [3.8, 4) is 5.75 Å². The fraction of sp³-hybridized carbons (Fsp3) is 0.115. The fourth-order valence-electron chi connectivity index (χ4n) is 3.55. The highest BCUT2D eigenvalue weighted by atomic mass is 16.5. The molecule has 4 rings (SSSR count). The van der Waals surface area contributed by atoms with Crippen molar-refractivity contribution in [1.29, 1.82) is 0 Å². The second-order valence-corrected chi connectivity index (χ2v) is 7.28. The highest BCUT2D eigenvalue weighted by molar-refractivity contribution is 5.68. The molecule has 0 aliphatic rings. The molecule has 0 aliphatic heterocycles. The molecule has 0 radical (unpaired) electrons. The van der Waals surface area contributed by atoms with Crippen molar-refractivity contribution in [3.63, 3.8) is 0 Å². The predicted molar refractivity (Wildman–Crippen MR) is 122 cm³/mol. The number of carbonyl (C=O) groups is 1. The van der Waals surface area contributed by atoms with Crippen molar-refractivity contribution in [3.05, 3.63) is 120 Å². The number of carboxylic acids is 1. The van der Waals surface area contributed by atoms with E-state index < -0.39 is 5.97 Å². The van der Waals surface area contributed by atoms with Gasteiger partial charge in [0.1, 0.15) is 5.75 Å². The number of carboxylic acid groups (broad SMARTS) is 1. The number of nitrogens with zero attached hydrogens (tertiary/aromatic N) is 3. The lowest BCUT2D eigenvalue weighted by atomic mass is 9.88. The monoisotopic (exact) mass is 425 g/mol. The largest absolute Gasteiger partial charge is 0.482 e. The second-order valence-electron chi connectivity index (χ2n) is 7.28. The van der Waals surface area contributed by atoms with E-state index in [9.17, 15) is 4.79 Å². The molecule has 32 heavy (non-hydrogen) atoms. The van der Waals surface area contributed by atoms with Crippen molar-refractivity contribution in [1.82, 2.24) is 14.8 Å². The summed E-state index contributed by atoms with van der Waals surface area (Å²) in [5.74, 6) is -0.413. The van der Waals surface area contributed by atoms with E-state index in [2.05, 4.69) is 34.5 Å². The molecule has 0 amide bonds. The molecule has 0 fully saturated rings. The highest BCUT2D eigenvalue weighted by Crippen LogP contribution is 2.31. The Bertz CT molecular complexity index is 1150. The van der Waals surface area contributed by atoms with Crippen molar-refractivity contribution in [2.75, 3.05) is 6.61 Å². The molecule has 0 saturated carbocycles. The van der Waals surface area contributed by atoms with Crippen LogP contribution < -0.4 is 4.74 Å². The van der Waals surface area contributed by atoms with Gasteiger partial charge >= 0.3 is 5.97 Å². The van der Waals surface area contributed by atoms with Gasteiger partial charge in [-0.25, -0.2) is 4.79 Å². The minimum atomic E-state index is -1.000. The van der Waals surface area contributed by atoms with E-state index in [1.165, 1.54) is 5.56 Å². The summed E-state index contributed by atoms with van der Waals surface area (Å²) < 4.78 is 7.12. The van der Waals surface area contributed by atoms with Gasteiger partial charge in [-0.2, -0.15) is 5.10 Å². The van der Waals surface area contributed by atoms with Gasteiger partial charge in [0, 0.05) is 30.1 Å². The minimum Gasteiger partial charge on any atom is -0.482 e. The second kappa shape index (κ2) is 10.2. The highest BCUT2D eigenvalue weighted by Gasteiger charge is 2.18. The fourth-order valence-corrected chi connectivity index (χ4v) is 3.55. The van der Waals surface area contributed by atoms with Crippen LogP contribution in [0.5, 0.6) is 5.75 Å². The number of aliphatic carboxylic acids is 1. The summed E-state index contributed by atoms with van der Waals surface area (Å²) in [6.45, 7) is 0.248. The maximum absolute atomic E-state index is 10.7. The number of benzene rings is 2. The summed E-state index contributed by atoms with van der Waals surface area (Å²) in [6.07, 6.45) is 11.6. The molecule has 1 unspecified atom stereocenters. The summed E-state index contributed by atoms with van der Waals surface area (Å²) in [5, 5.41) is 13.3. The Morgan fingerprint density at radius 2 is 1.84 bits per heavy atom. The molecule has 1 N–H and O–H groups in total. The number of ether oxygens (including phenoxy) is 1. The third-order valence-corrected chi connectivity index (χ3v) is 4.96. The van der Waals surface area contributed by atoms with Crippen molar-refractivity contribution in [2.45, 2.75) is 12.5 Å². The minimum absolute atomic E-state index is 0.0608. The van der Waals surface area contributed by atoms with Crippen LogP contribution in [0.2, 0.25) is 0 Å². The maximum Gasteiger partial charge on any atom is 0.341 e. The number of aromatic nitrogens is 3. The molecular weight excluding hydrogens is 402 g/mol. The summed E-state index contributed by atoms with van der Waals surface area (Å²) in [4.78, 5) is 15.0. The van der Waals surface area contributed by atoms with Crippen LogP contribution in [0, 0.1) is 0 Å². The molecular formula is C26H23N3O3. The zero-order valence-corrected chi connectivity index (χ0v) is 17.4. The molecule has 1 atom stereocenters. The van der Waals surface area contributed by atoms with E-state index in [1.807, 2.05) is 71.7 Å². The molecule has 0 saturated heterocycles. The number of rotatable bonds is 9. The molecule has 0 aliphatic carbocycles. The smallest absolute Gasteiger partial charge is 0.341 e. The van der Waals surface area contributed by atoms with Crippen LogP contribution in [-0.4, -0.2) is 32.4 Å². The van der Waals surface area contributed by atoms with Crippen LogP contribution in [0.3, 0.4) is 0 Å². The van der Waals surface area contributed by atoms with Crippen LogP contribution >= 0.6 is 0 Å². The average molecular weight is 425 g/mol. The van der Waals surface area contributed by atoms with Gasteiger partial charge in [-0.05, 0) is 34.9 Å². The average Bonchev–Trinajstić information content (AvgIpc) is 3.28. The van der Waals surface area contributed by atoms with Gasteiger partial charge in [0.05, 0.1) is 12.7 Å². The summed E-state index contributed by atoms with van der Waals surface area (Å²) in [5.41, 5.74) is 4.33. The lowest BCUT2D eigenvalue weighted by molar-refractivity contribution is -0.139. The predicted octanol–water partition coefficient (Wildman–Crippen LogP) is 4.64. The number of hydrogen-bond donors (Lipinski definition) is 1. The zero-order chi connectivity index (χ0) is 22.2. The lowest BCUT2D eigenvalue weighted by Crippen LogP contribution is -2.09. The van der Waals surface area contributed by atoms with Crippen LogP contribution in [0.4, 0.5) is 0 Å². The van der Waals surface area contributed by atoms with E-state index in [1.54, 1.807) is 12.3 Å². The third kappa shape index (κ3) is 5.49. The van der Waals surface area contributed by atoms with E-state index in [0.717, 1.165) is 16.7 Å². The Kier molecular flexibility index (Phi) is 6.72. The van der Waals surface area contributed by atoms with E-state index in [-0.39, 0.29) is 12.5 Å². The van der Waals surface area contributed by atoms with Gasteiger partial charge < -0.3 is 9.84 Å². The normalized spacial score (nSPS) is 12.0. The summed E-state index contributed by atoms with van der Waals surface area (Å²) >= 11 is 0. The Morgan fingerprint density at radius 3 is 2.62 bits per heavy atom. The number of pyridine rings is 1. The first-order valence-corrected chi connectivity index (χ1v) is 10.3. The van der Waals surface area contributed by atoms with Gasteiger partial charge in [0.25, 0.3) is 0 Å². The quantitative estimate of drug-likeness (QED) is 0.423. The lowest BCUT2D eigenvalue weighted by Gasteiger charge is -2.16. The van der Waals surface area contributed by atoms with Gasteiger partial charge in [-0.15, -0.1) is 0 Å².